The number of hydrogen-bond acceptors (Lipinski definition) is 8. The van der Waals surface area contributed by atoms with Gasteiger partial charge in [0, 0.05) is 9.62 Å². The van der Waals surface area contributed by atoms with Gasteiger partial charge in [-0.05, 0) is 35.7 Å². The van der Waals surface area contributed by atoms with E-state index < -0.39 is 18.1 Å². The molecule has 0 aliphatic carbocycles. The molecule has 2 aliphatic rings. The summed E-state index contributed by atoms with van der Waals surface area (Å²) in [6.07, 6.45) is -1.27. The minimum atomic E-state index is -1.27. The zero-order valence-corrected chi connectivity index (χ0v) is 15.0. The Morgan fingerprint density at radius 3 is 2.96 bits per heavy atom. The number of carbonyl (C=O) groups excluding carboxylic acids is 2. The topological polar surface area (TPSA) is 124 Å². The van der Waals surface area contributed by atoms with Crippen molar-refractivity contribution in [3.8, 4) is 0 Å². The molecule has 0 aromatic carbocycles. The third-order valence-electron chi connectivity index (χ3n) is 4.42. The predicted octanol–water partition coefficient (Wildman–Crippen LogP) is 0.214. The van der Waals surface area contributed by atoms with Crippen molar-refractivity contribution in [2.75, 3.05) is 0 Å². The molecule has 2 aromatic rings. The molecule has 3 unspecified atom stereocenters. The molecule has 2 aromatic heterocycles. The van der Waals surface area contributed by atoms with E-state index in [2.05, 4.69) is 25.9 Å². The highest BCUT2D eigenvalue weighted by Crippen LogP contribution is 2.56. The average molecular weight is 380 g/mol. The number of amides is 2. The highest BCUT2D eigenvalue weighted by atomic mass is 32.2. The van der Waals surface area contributed by atoms with Crippen LogP contribution >= 0.6 is 23.1 Å². The van der Waals surface area contributed by atoms with Crippen LogP contribution in [0.25, 0.3) is 0 Å². The second-order valence-corrected chi connectivity index (χ2v) is 9.20. The zero-order valence-electron chi connectivity index (χ0n) is 13.4. The van der Waals surface area contributed by atoms with Gasteiger partial charge in [-0.2, -0.15) is 0 Å². The van der Waals surface area contributed by atoms with Crippen molar-refractivity contribution < 1.29 is 14.7 Å². The van der Waals surface area contributed by atoms with Gasteiger partial charge >= 0.3 is 0 Å². The molecule has 0 bridgehead atoms. The van der Waals surface area contributed by atoms with Crippen LogP contribution in [0.3, 0.4) is 0 Å². The molecule has 0 spiro atoms. The molecule has 2 aliphatic heterocycles. The van der Waals surface area contributed by atoms with E-state index in [1.807, 2.05) is 13.8 Å². The molecule has 4 heterocycles. The molecule has 2 saturated heterocycles. The minimum absolute atomic E-state index is 0.198. The summed E-state index contributed by atoms with van der Waals surface area (Å²) in [4.78, 5) is 27.1. The van der Waals surface area contributed by atoms with Crippen LogP contribution in [0.5, 0.6) is 0 Å². The molecule has 4 atom stereocenters. The van der Waals surface area contributed by atoms with Gasteiger partial charge in [0.15, 0.2) is 11.9 Å². The smallest absolute Gasteiger partial charge is 0.255 e. The number of carbonyl (C=O) groups is 2. The van der Waals surface area contributed by atoms with Gasteiger partial charge in [0.05, 0.1) is 0 Å². The average Bonchev–Trinajstić information content (AvgIpc) is 3.30. The number of nitrogens with zero attached hydrogens (tertiary/aromatic N) is 4. The van der Waals surface area contributed by atoms with Crippen LogP contribution in [-0.4, -0.2) is 58.6 Å². The molecule has 9 nitrogen and oxygen atoms in total. The number of nitrogens with one attached hydrogen (secondary N) is 2. The Morgan fingerprint density at radius 2 is 2.32 bits per heavy atom. The Hall–Kier alpha value is -1.98. The van der Waals surface area contributed by atoms with Crippen molar-refractivity contribution >= 4 is 34.9 Å². The SMILES string of the molecule is CC1(C)S[C@@H]2C(NC(=O)C(O)c3cccs3)C(=O)N2C1c1nnn[nH]1. The number of aliphatic hydroxyl groups excluding tert-OH is 1. The van der Waals surface area contributed by atoms with Gasteiger partial charge in [0.2, 0.25) is 5.91 Å². The lowest BCUT2D eigenvalue weighted by molar-refractivity contribution is -0.153. The Kier molecular flexibility index (Phi) is 3.81. The molecular weight excluding hydrogens is 364 g/mol. The maximum atomic E-state index is 12.6. The van der Waals surface area contributed by atoms with E-state index in [9.17, 15) is 14.7 Å². The molecule has 4 rings (SSSR count). The van der Waals surface area contributed by atoms with Crippen molar-refractivity contribution in [2.24, 2.45) is 0 Å². The van der Waals surface area contributed by atoms with E-state index in [1.54, 1.807) is 34.2 Å². The molecule has 2 amide bonds. The molecule has 2 fully saturated rings. The number of thiophene rings is 1. The quantitative estimate of drug-likeness (QED) is 0.648. The van der Waals surface area contributed by atoms with E-state index in [-0.39, 0.29) is 22.1 Å². The van der Waals surface area contributed by atoms with Crippen LogP contribution in [0, 0.1) is 0 Å². The first-order valence-electron chi connectivity index (χ1n) is 7.65. The number of aliphatic hydroxyl groups is 1. The van der Waals surface area contributed by atoms with Crippen LogP contribution < -0.4 is 5.32 Å². The normalized spacial score (nSPS) is 28.4. The highest BCUT2D eigenvalue weighted by Gasteiger charge is 2.63. The molecule has 11 heteroatoms. The first kappa shape index (κ1) is 16.5. The van der Waals surface area contributed by atoms with Crippen molar-refractivity contribution in [1.82, 2.24) is 30.8 Å². The second-order valence-electron chi connectivity index (χ2n) is 6.45. The Bertz CT molecular complexity index is 794. The number of rotatable bonds is 4. The lowest BCUT2D eigenvalue weighted by Crippen LogP contribution is -2.68. The maximum absolute atomic E-state index is 12.6. The van der Waals surface area contributed by atoms with E-state index in [0.29, 0.717) is 10.7 Å². The monoisotopic (exact) mass is 380 g/mol. The van der Waals surface area contributed by atoms with Gasteiger partial charge in [-0.3, -0.25) is 9.59 Å². The predicted molar refractivity (Wildman–Crippen MR) is 90.4 cm³/mol. The summed E-state index contributed by atoms with van der Waals surface area (Å²) in [5.41, 5.74) is 0. The van der Waals surface area contributed by atoms with Crippen LogP contribution in [-0.2, 0) is 9.59 Å². The summed E-state index contributed by atoms with van der Waals surface area (Å²) in [6, 6.07) is 2.50. The molecule has 0 saturated carbocycles. The van der Waals surface area contributed by atoms with E-state index in [0.717, 1.165) is 0 Å². The fourth-order valence-corrected chi connectivity index (χ4v) is 5.62. The Morgan fingerprint density at radius 1 is 1.52 bits per heavy atom. The number of tetrazole rings is 1. The van der Waals surface area contributed by atoms with Crippen molar-refractivity contribution in [2.45, 2.75) is 42.2 Å². The van der Waals surface area contributed by atoms with Gasteiger partial charge in [0.25, 0.3) is 5.91 Å². The first-order valence-corrected chi connectivity index (χ1v) is 9.41. The van der Waals surface area contributed by atoms with Crippen LogP contribution in [0.1, 0.15) is 36.7 Å². The van der Waals surface area contributed by atoms with Crippen molar-refractivity contribution in [1.29, 1.82) is 0 Å². The van der Waals surface area contributed by atoms with E-state index in [1.165, 1.54) is 11.3 Å². The number of aromatic nitrogens is 4. The summed E-state index contributed by atoms with van der Waals surface area (Å²) in [7, 11) is 0. The zero-order chi connectivity index (χ0) is 17.8. The van der Waals surface area contributed by atoms with Crippen LogP contribution in [0.15, 0.2) is 17.5 Å². The number of hydrogen-bond donors (Lipinski definition) is 3. The third kappa shape index (κ3) is 2.53. The third-order valence-corrected chi connectivity index (χ3v) is 6.92. The Labute approximate surface area is 151 Å². The summed E-state index contributed by atoms with van der Waals surface area (Å²) in [6.45, 7) is 4.02. The second kappa shape index (κ2) is 5.78. The number of aromatic amines is 1. The van der Waals surface area contributed by atoms with Gasteiger partial charge < -0.3 is 15.3 Å². The molecular formula is C14H16N6O3S2. The van der Waals surface area contributed by atoms with E-state index >= 15 is 0 Å². The largest absolute Gasteiger partial charge is 0.378 e. The molecule has 25 heavy (non-hydrogen) atoms. The Balaban J connectivity index is 1.50. The van der Waals surface area contributed by atoms with E-state index in [4.69, 9.17) is 0 Å². The standard InChI is InChI=1S/C14H16N6O3S2/c1-14(2)9(10-16-18-19-17-10)20-12(23)7(13(20)25-14)15-11(22)8(21)6-4-3-5-24-6/h3-5,7-9,13,21H,1-2H3,(H,15,22)(H,16,17,18,19)/t7?,8?,9?,13-/m1/s1. The minimum Gasteiger partial charge on any atom is -0.378 e. The summed E-state index contributed by atoms with van der Waals surface area (Å²) in [5.74, 6) is -0.239. The van der Waals surface area contributed by atoms with Gasteiger partial charge in [-0.1, -0.05) is 6.07 Å². The fraction of sp³-hybridized carbons (Fsp3) is 0.500. The molecule has 3 N–H and O–H groups in total. The summed E-state index contributed by atoms with van der Waals surface area (Å²) >= 11 is 2.88. The number of H-pyrrole nitrogens is 1. The summed E-state index contributed by atoms with van der Waals surface area (Å²) in [5, 5.41) is 28.2. The van der Waals surface area contributed by atoms with Crippen LogP contribution in [0.2, 0.25) is 0 Å². The lowest BCUT2D eigenvalue weighted by atomic mass is 9.95. The van der Waals surface area contributed by atoms with Gasteiger partial charge in [-0.25, -0.2) is 5.10 Å². The number of thioether (sulfide) groups is 1. The number of fused-ring (bicyclic) bond motifs is 1. The molecule has 0 radical (unpaired) electrons. The molecule has 132 valence electrons. The van der Waals surface area contributed by atoms with Crippen molar-refractivity contribution in [3.63, 3.8) is 0 Å². The van der Waals surface area contributed by atoms with Crippen molar-refractivity contribution in [3.05, 3.63) is 28.2 Å². The fourth-order valence-electron chi connectivity index (χ4n) is 3.28. The lowest BCUT2D eigenvalue weighted by Gasteiger charge is -2.44. The maximum Gasteiger partial charge on any atom is 0.255 e. The van der Waals surface area contributed by atoms with Gasteiger partial charge in [0.1, 0.15) is 17.5 Å². The number of β-lactam (4-membered cyclic amide) rings is 1. The first-order chi connectivity index (χ1) is 11.9. The highest BCUT2D eigenvalue weighted by molar-refractivity contribution is 8.01. The van der Waals surface area contributed by atoms with Gasteiger partial charge in [-0.15, -0.1) is 28.2 Å². The van der Waals surface area contributed by atoms with Crippen LogP contribution in [0.4, 0.5) is 0 Å². The summed E-state index contributed by atoms with van der Waals surface area (Å²) < 4.78 is -0.312.